The van der Waals surface area contributed by atoms with Gasteiger partial charge in [0.05, 0.1) is 29.2 Å². The molecule has 0 saturated carbocycles. The van der Waals surface area contributed by atoms with Crippen molar-refractivity contribution in [3.8, 4) is 0 Å². The molecular weight excluding hydrogens is 304 g/mol. The van der Waals surface area contributed by atoms with Gasteiger partial charge in [0.1, 0.15) is 0 Å². The zero-order valence-electron chi connectivity index (χ0n) is 13.5. The maximum Gasteiger partial charge on any atom is 0.340 e. The fourth-order valence-corrected chi connectivity index (χ4v) is 2.66. The number of nitrogens with two attached hydrogens (primary N) is 1. The lowest BCUT2D eigenvalue weighted by molar-refractivity contribution is -0.0220. The molecule has 2 rings (SSSR count). The topological polar surface area (TPSA) is 67.6 Å². The van der Waals surface area contributed by atoms with Gasteiger partial charge in [-0.3, -0.25) is 0 Å². The van der Waals surface area contributed by atoms with Crippen LogP contribution in [0, 0.1) is 0 Å². The van der Waals surface area contributed by atoms with Crippen LogP contribution in [-0.2, 0) is 4.74 Å². The van der Waals surface area contributed by atoms with E-state index >= 15 is 0 Å². The van der Waals surface area contributed by atoms with Gasteiger partial charge in [0.25, 0.3) is 5.92 Å². The summed E-state index contributed by atoms with van der Waals surface area (Å²) in [6.45, 7) is 4.94. The normalized spacial score (nSPS) is 17.0. The second kappa shape index (κ2) is 7.02. The molecule has 0 unspecified atom stereocenters. The average molecular weight is 327 g/mol. The number of benzene rings is 1. The van der Waals surface area contributed by atoms with Crippen molar-refractivity contribution < 1.29 is 18.3 Å². The molecule has 0 aromatic heterocycles. The van der Waals surface area contributed by atoms with Crippen LogP contribution in [0.15, 0.2) is 12.1 Å². The summed E-state index contributed by atoms with van der Waals surface area (Å²) in [7, 11) is 0. The molecule has 1 aliphatic rings. The lowest BCUT2D eigenvalue weighted by Gasteiger charge is -2.34. The first-order valence-corrected chi connectivity index (χ1v) is 7.85. The number of rotatable bonds is 5. The molecule has 23 heavy (non-hydrogen) atoms. The van der Waals surface area contributed by atoms with Crippen LogP contribution in [0.5, 0.6) is 0 Å². The second-order valence-corrected chi connectivity index (χ2v) is 5.55. The lowest BCUT2D eigenvalue weighted by Crippen LogP contribution is -2.40. The fraction of sp³-hybridized carbons (Fsp3) is 0.562. The molecule has 128 valence electrons. The van der Waals surface area contributed by atoms with Crippen molar-refractivity contribution >= 4 is 23.0 Å². The molecule has 1 aromatic rings. The van der Waals surface area contributed by atoms with Crippen molar-refractivity contribution in [3.63, 3.8) is 0 Å². The Morgan fingerprint density at radius 3 is 2.57 bits per heavy atom. The van der Waals surface area contributed by atoms with E-state index in [1.807, 2.05) is 6.92 Å². The van der Waals surface area contributed by atoms with Gasteiger partial charge in [0, 0.05) is 32.5 Å². The van der Waals surface area contributed by atoms with Crippen LogP contribution in [0.2, 0.25) is 0 Å². The van der Waals surface area contributed by atoms with Crippen LogP contribution in [-0.4, -0.2) is 38.1 Å². The fourth-order valence-electron chi connectivity index (χ4n) is 2.66. The highest BCUT2D eigenvalue weighted by molar-refractivity contribution is 5.99. The predicted molar refractivity (Wildman–Crippen MR) is 87.4 cm³/mol. The predicted octanol–water partition coefficient (Wildman–Crippen LogP) is 3.11. The van der Waals surface area contributed by atoms with E-state index in [4.69, 9.17) is 10.5 Å². The molecule has 0 bridgehead atoms. The van der Waals surface area contributed by atoms with E-state index in [0.717, 1.165) is 0 Å². The molecule has 0 spiro atoms. The van der Waals surface area contributed by atoms with E-state index in [9.17, 15) is 13.6 Å². The van der Waals surface area contributed by atoms with Crippen LogP contribution in [0.4, 0.5) is 25.8 Å². The number of nitrogens with zero attached hydrogens (tertiary/aromatic N) is 1. The summed E-state index contributed by atoms with van der Waals surface area (Å²) in [5.41, 5.74) is 8.00. The molecule has 5 nitrogen and oxygen atoms in total. The third-order valence-corrected chi connectivity index (χ3v) is 3.87. The molecule has 0 radical (unpaired) electrons. The number of piperidine rings is 1. The Bertz CT molecular complexity index is 569. The van der Waals surface area contributed by atoms with Crippen LogP contribution in [0.1, 0.15) is 37.0 Å². The molecule has 0 amide bonds. The minimum atomic E-state index is -2.64. The Kier molecular flexibility index (Phi) is 5.28. The standard InChI is InChI=1S/C16H23F2N3O2/c1-3-20-13-10-14(21-7-5-16(17,18)6-8-21)11(9-12(13)19)15(22)23-4-2/h9-10,20H,3-8,19H2,1-2H3. The van der Waals surface area contributed by atoms with Crippen molar-refractivity contribution in [2.75, 3.05) is 42.2 Å². The number of carbonyl (C=O) groups excluding carboxylic acids is 1. The number of anilines is 3. The molecule has 3 N–H and O–H groups in total. The van der Waals surface area contributed by atoms with Gasteiger partial charge in [0.2, 0.25) is 0 Å². The maximum atomic E-state index is 13.4. The second-order valence-electron chi connectivity index (χ2n) is 5.55. The maximum absolute atomic E-state index is 13.4. The lowest BCUT2D eigenvalue weighted by atomic mass is 10.0. The van der Waals surface area contributed by atoms with E-state index in [0.29, 0.717) is 29.2 Å². The van der Waals surface area contributed by atoms with E-state index < -0.39 is 11.9 Å². The summed E-state index contributed by atoms with van der Waals surface area (Å²) in [6.07, 6.45) is -0.452. The zero-order chi connectivity index (χ0) is 17.0. The molecule has 1 fully saturated rings. The highest BCUT2D eigenvalue weighted by atomic mass is 19.3. The smallest absolute Gasteiger partial charge is 0.340 e. The van der Waals surface area contributed by atoms with Crippen LogP contribution in [0.25, 0.3) is 0 Å². The Labute approximate surface area is 134 Å². The van der Waals surface area contributed by atoms with Crippen molar-refractivity contribution in [3.05, 3.63) is 17.7 Å². The van der Waals surface area contributed by atoms with Gasteiger partial charge in [-0.2, -0.15) is 0 Å². The molecule has 1 saturated heterocycles. The van der Waals surface area contributed by atoms with Gasteiger partial charge in [-0.1, -0.05) is 0 Å². The Morgan fingerprint density at radius 2 is 2.00 bits per heavy atom. The summed E-state index contributed by atoms with van der Waals surface area (Å²) >= 11 is 0. The molecule has 7 heteroatoms. The van der Waals surface area contributed by atoms with Gasteiger partial charge in [-0.05, 0) is 26.0 Å². The largest absolute Gasteiger partial charge is 0.462 e. The highest BCUT2D eigenvalue weighted by Gasteiger charge is 2.35. The molecule has 0 atom stereocenters. The van der Waals surface area contributed by atoms with Gasteiger partial charge in [-0.25, -0.2) is 13.6 Å². The number of nitrogens with one attached hydrogen (secondary N) is 1. The zero-order valence-corrected chi connectivity index (χ0v) is 13.5. The van der Waals surface area contributed by atoms with Crippen LogP contribution < -0.4 is 16.0 Å². The van der Waals surface area contributed by atoms with Crippen molar-refractivity contribution in [1.82, 2.24) is 0 Å². The Balaban J connectivity index is 2.37. The SMILES string of the molecule is CCNc1cc(N2CCC(F)(F)CC2)c(C(=O)OCC)cc1N. The van der Waals surface area contributed by atoms with E-state index in [1.165, 1.54) is 0 Å². The van der Waals surface area contributed by atoms with Gasteiger partial charge in [0.15, 0.2) is 0 Å². The molecule has 1 aromatic carbocycles. The van der Waals surface area contributed by atoms with Gasteiger partial charge in [-0.15, -0.1) is 0 Å². The minimum absolute atomic E-state index is 0.189. The summed E-state index contributed by atoms with van der Waals surface area (Å²) < 4.78 is 31.8. The first kappa shape index (κ1) is 17.3. The molecular formula is C16H23F2N3O2. The minimum Gasteiger partial charge on any atom is -0.462 e. The first-order valence-electron chi connectivity index (χ1n) is 7.85. The molecule has 1 aliphatic heterocycles. The molecule has 1 heterocycles. The number of hydrogen-bond acceptors (Lipinski definition) is 5. The van der Waals surface area contributed by atoms with Gasteiger partial charge < -0.3 is 20.7 Å². The quantitative estimate of drug-likeness (QED) is 0.642. The monoisotopic (exact) mass is 327 g/mol. The average Bonchev–Trinajstić information content (AvgIpc) is 2.49. The van der Waals surface area contributed by atoms with Gasteiger partial charge >= 0.3 is 5.97 Å². The van der Waals surface area contributed by atoms with Crippen LogP contribution >= 0.6 is 0 Å². The van der Waals surface area contributed by atoms with Crippen LogP contribution in [0.3, 0.4) is 0 Å². The number of nitrogen functional groups attached to an aromatic ring is 1. The number of ether oxygens (including phenoxy) is 1. The highest BCUT2D eigenvalue weighted by Crippen LogP contribution is 2.35. The molecule has 0 aliphatic carbocycles. The number of carbonyl (C=O) groups is 1. The number of alkyl halides is 2. The van der Waals surface area contributed by atoms with E-state index in [2.05, 4.69) is 5.32 Å². The summed E-state index contributed by atoms with van der Waals surface area (Å²) in [6, 6.07) is 3.30. The van der Waals surface area contributed by atoms with E-state index in [-0.39, 0.29) is 32.5 Å². The number of hydrogen-bond donors (Lipinski definition) is 2. The Morgan fingerprint density at radius 1 is 1.35 bits per heavy atom. The van der Waals surface area contributed by atoms with E-state index in [1.54, 1.807) is 24.0 Å². The van der Waals surface area contributed by atoms with Crippen molar-refractivity contribution in [2.45, 2.75) is 32.6 Å². The van der Waals surface area contributed by atoms with Crippen molar-refractivity contribution in [1.29, 1.82) is 0 Å². The Hall–Kier alpha value is -2.05. The van der Waals surface area contributed by atoms with Crippen molar-refractivity contribution in [2.24, 2.45) is 0 Å². The summed E-state index contributed by atoms with van der Waals surface area (Å²) in [5.74, 6) is -3.13. The number of halogens is 2. The summed E-state index contributed by atoms with van der Waals surface area (Å²) in [4.78, 5) is 14.0. The first-order chi connectivity index (χ1) is 10.9. The summed E-state index contributed by atoms with van der Waals surface area (Å²) in [5, 5.41) is 3.12. The third-order valence-electron chi connectivity index (χ3n) is 3.87. The third kappa shape index (κ3) is 4.03. The number of esters is 1.